The quantitative estimate of drug-likeness (QED) is 0.412. The maximum Gasteiger partial charge on any atom is 0.328 e. The summed E-state index contributed by atoms with van der Waals surface area (Å²) in [5.74, 6) is -2.11. The van der Waals surface area contributed by atoms with E-state index in [1.807, 2.05) is 0 Å². The van der Waals surface area contributed by atoms with Crippen molar-refractivity contribution in [1.82, 2.24) is 0 Å². The first-order valence-corrected chi connectivity index (χ1v) is 5.18. The van der Waals surface area contributed by atoms with E-state index in [-0.39, 0.29) is 12.8 Å². The second-order valence-electron chi connectivity index (χ2n) is 3.80. The molecule has 1 saturated carbocycles. The molecule has 0 heterocycles. The molecule has 0 unspecified atom stereocenters. The van der Waals surface area contributed by atoms with Crippen molar-refractivity contribution in [3.8, 4) is 0 Å². The molecule has 1 aliphatic rings. The standard InChI is InChI=1S/C10H13ClO6/c1-15-6(12)4-9(7(13)16-2)5-10(9,11)8(14)17-3/h4-5H2,1-3H3/t9-,10+/m1/s1. The van der Waals surface area contributed by atoms with Gasteiger partial charge in [0.1, 0.15) is 5.41 Å². The van der Waals surface area contributed by atoms with E-state index in [2.05, 4.69) is 14.2 Å². The maximum atomic E-state index is 11.7. The molecule has 0 aromatic carbocycles. The van der Waals surface area contributed by atoms with Gasteiger partial charge in [0.05, 0.1) is 27.8 Å². The molecule has 1 rings (SSSR count). The zero-order valence-corrected chi connectivity index (χ0v) is 10.5. The Hall–Kier alpha value is -1.30. The molecule has 0 amide bonds. The first kappa shape index (κ1) is 13.8. The molecule has 0 bridgehead atoms. The summed E-state index contributed by atoms with van der Waals surface area (Å²) in [4.78, 5) is 32.9. The van der Waals surface area contributed by atoms with E-state index in [0.717, 1.165) is 14.2 Å². The van der Waals surface area contributed by atoms with Crippen LogP contribution in [0.15, 0.2) is 0 Å². The fourth-order valence-electron chi connectivity index (χ4n) is 1.82. The molecule has 0 aromatic heterocycles. The second-order valence-corrected chi connectivity index (χ2v) is 4.44. The Balaban J connectivity index is 2.97. The van der Waals surface area contributed by atoms with E-state index < -0.39 is 28.2 Å². The van der Waals surface area contributed by atoms with Gasteiger partial charge in [-0.15, -0.1) is 11.6 Å². The molecule has 0 saturated heterocycles. The summed E-state index contributed by atoms with van der Waals surface area (Å²) in [5, 5.41) is 0. The highest BCUT2D eigenvalue weighted by Gasteiger charge is 2.78. The van der Waals surface area contributed by atoms with Crippen LogP contribution in [0.5, 0.6) is 0 Å². The van der Waals surface area contributed by atoms with Gasteiger partial charge in [0.15, 0.2) is 4.87 Å². The average molecular weight is 265 g/mol. The Labute approximate surface area is 103 Å². The third kappa shape index (κ3) is 1.97. The molecule has 0 spiro atoms. The van der Waals surface area contributed by atoms with Gasteiger partial charge in [0.2, 0.25) is 0 Å². The van der Waals surface area contributed by atoms with Gasteiger partial charge in [-0.25, -0.2) is 0 Å². The Kier molecular flexibility index (Phi) is 3.66. The van der Waals surface area contributed by atoms with E-state index in [0.29, 0.717) is 0 Å². The molecule has 0 aliphatic heterocycles. The van der Waals surface area contributed by atoms with Gasteiger partial charge in [-0.3, -0.25) is 14.4 Å². The lowest BCUT2D eigenvalue weighted by Crippen LogP contribution is -2.34. The lowest BCUT2D eigenvalue weighted by molar-refractivity contribution is -0.156. The Morgan fingerprint density at radius 3 is 2.00 bits per heavy atom. The molecule has 0 radical (unpaired) electrons. The predicted molar refractivity (Wildman–Crippen MR) is 56.3 cm³/mol. The number of carbonyl (C=O) groups is 3. The van der Waals surface area contributed by atoms with Crippen LogP contribution in [0.4, 0.5) is 0 Å². The van der Waals surface area contributed by atoms with Gasteiger partial charge in [-0.2, -0.15) is 0 Å². The van der Waals surface area contributed by atoms with Crippen molar-refractivity contribution in [3.05, 3.63) is 0 Å². The smallest absolute Gasteiger partial charge is 0.328 e. The molecule has 0 N–H and O–H groups in total. The van der Waals surface area contributed by atoms with Crippen LogP contribution in [0.2, 0.25) is 0 Å². The SMILES string of the molecule is COC(=O)C[C@]1(C(=O)OC)C[C@]1(Cl)C(=O)OC. The summed E-state index contributed by atoms with van der Waals surface area (Å²) in [7, 11) is 3.50. The number of alkyl halides is 1. The third-order valence-electron chi connectivity index (χ3n) is 2.94. The highest BCUT2D eigenvalue weighted by atomic mass is 35.5. The van der Waals surface area contributed by atoms with Crippen molar-refractivity contribution in [1.29, 1.82) is 0 Å². The van der Waals surface area contributed by atoms with E-state index in [1.165, 1.54) is 7.11 Å². The molecule has 6 nitrogen and oxygen atoms in total. The van der Waals surface area contributed by atoms with Crippen LogP contribution in [0, 0.1) is 5.41 Å². The fraction of sp³-hybridized carbons (Fsp3) is 0.700. The summed E-state index contributed by atoms with van der Waals surface area (Å²) < 4.78 is 13.6. The van der Waals surface area contributed by atoms with Crippen LogP contribution in [-0.4, -0.2) is 44.1 Å². The lowest BCUT2D eigenvalue weighted by atomic mass is 9.99. The molecule has 17 heavy (non-hydrogen) atoms. The summed E-state index contributed by atoms with van der Waals surface area (Å²) in [6.07, 6.45) is -0.315. The predicted octanol–water partition coefficient (Wildman–Crippen LogP) is 0.263. The average Bonchev–Trinajstić information content (AvgIpc) is 2.94. The van der Waals surface area contributed by atoms with Gasteiger partial charge in [-0.05, 0) is 6.42 Å². The highest BCUT2D eigenvalue weighted by molar-refractivity contribution is 6.39. The van der Waals surface area contributed by atoms with E-state index in [1.54, 1.807) is 0 Å². The zero-order valence-electron chi connectivity index (χ0n) is 9.74. The number of rotatable bonds is 4. The molecule has 96 valence electrons. The van der Waals surface area contributed by atoms with E-state index >= 15 is 0 Å². The number of esters is 3. The van der Waals surface area contributed by atoms with Crippen molar-refractivity contribution < 1.29 is 28.6 Å². The van der Waals surface area contributed by atoms with Gasteiger partial charge >= 0.3 is 17.9 Å². The van der Waals surface area contributed by atoms with Crippen LogP contribution in [0.3, 0.4) is 0 Å². The van der Waals surface area contributed by atoms with Crippen molar-refractivity contribution in [2.75, 3.05) is 21.3 Å². The molecule has 1 fully saturated rings. The number of carbonyl (C=O) groups excluding carboxylic acids is 3. The third-order valence-corrected chi connectivity index (χ3v) is 3.59. The molecular formula is C10H13ClO6. The van der Waals surface area contributed by atoms with Crippen molar-refractivity contribution in [2.24, 2.45) is 5.41 Å². The van der Waals surface area contributed by atoms with E-state index in [4.69, 9.17) is 11.6 Å². The highest BCUT2D eigenvalue weighted by Crippen LogP contribution is 2.64. The number of hydrogen-bond acceptors (Lipinski definition) is 6. The molecule has 0 aromatic rings. The van der Waals surface area contributed by atoms with Crippen LogP contribution < -0.4 is 0 Å². The fourth-order valence-corrected chi connectivity index (χ4v) is 2.27. The number of methoxy groups -OCH3 is 3. The van der Waals surface area contributed by atoms with Crippen LogP contribution in [-0.2, 0) is 28.6 Å². The van der Waals surface area contributed by atoms with Gasteiger partial charge < -0.3 is 14.2 Å². The topological polar surface area (TPSA) is 78.9 Å². The summed E-state index contributed by atoms with van der Waals surface area (Å²) in [5.41, 5.74) is -1.39. The molecular weight excluding hydrogens is 252 g/mol. The largest absolute Gasteiger partial charge is 0.469 e. The van der Waals surface area contributed by atoms with Crippen LogP contribution >= 0.6 is 11.6 Å². The van der Waals surface area contributed by atoms with Crippen molar-refractivity contribution >= 4 is 29.5 Å². The summed E-state index contributed by atoms with van der Waals surface area (Å²) in [6, 6.07) is 0. The minimum absolute atomic E-state index is 0.00397. The zero-order chi connectivity index (χ0) is 13.3. The second kappa shape index (κ2) is 4.52. The molecule has 2 atom stereocenters. The number of halogens is 1. The lowest BCUT2D eigenvalue weighted by Gasteiger charge is -2.16. The summed E-state index contributed by atoms with van der Waals surface area (Å²) in [6.45, 7) is 0. The Morgan fingerprint density at radius 1 is 1.06 bits per heavy atom. The van der Waals surface area contributed by atoms with Crippen molar-refractivity contribution in [2.45, 2.75) is 17.7 Å². The molecule has 1 aliphatic carbocycles. The molecule has 7 heteroatoms. The Morgan fingerprint density at radius 2 is 1.59 bits per heavy atom. The van der Waals surface area contributed by atoms with Gasteiger partial charge in [-0.1, -0.05) is 0 Å². The van der Waals surface area contributed by atoms with Crippen LogP contribution in [0.25, 0.3) is 0 Å². The van der Waals surface area contributed by atoms with Gasteiger partial charge in [0.25, 0.3) is 0 Å². The van der Waals surface area contributed by atoms with E-state index in [9.17, 15) is 14.4 Å². The first-order chi connectivity index (χ1) is 7.87. The maximum absolute atomic E-state index is 11.7. The number of hydrogen-bond donors (Lipinski definition) is 0. The van der Waals surface area contributed by atoms with Crippen LogP contribution in [0.1, 0.15) is 12.8 Å². The first-order valence-electron chi connectivity index (χ1n) is 4.80. The minimum atomic E-state index is -1.54. The van der Waals surface area contributed by atoms with Gasteiger partial charge in [0, 0.05) is 0 Å². The minimum Gasteiger partial charge on any atom is -0.469 e. The Bertz CT molecular complexity index is 368. The number of ether oxygens (including phenoxy) is 3. The monoisotopic (exact) mass is 264 g/mol. The normalized spacial score (nSPS) is 30.4. The van der Waals surface area contributed by atoms with Crippen molar-refractivity contribution in [3.63, 3.8) is 0 Å². The summed E-state index contributed by atoms with van der Waals surface area (Å²) >= 11 is 6.01.